The van der Waals surface area contributed by atoms with Crippen LogP contribution < -0.4 is 0 Å². The topological polar surface area (TPSA) is 50.2 Å². The van der Waals surface area contributed by atoms with Crippen LogP contribution in [0.4, 0.5) is 0 Å². The minimum absolute atomic E-state index is 0. The molecule has 1 radical (unpaired) electrons. The molecule has 0 aliphatic carbocycles. The average molecular weight is 561 g/mol. The van der Waals surface area contributed by atoms with Gasteiger partial charge in [-0.05, 0) is 38.1 Å². The van der Waals surface area contributed by atoms with Crippen molar-refractivity contribution in [2.24, 2.45) is 0 Å². The normalized spacial score (nSPS) is 10.8. The smallest absolute Gasteiger partial charge is 0.155 e. The zero-order valence-corrected chi connectivity index (χ0v) is 19.0. The number of fused-ring (bicyclic) bond motifs is 2. The van der Waals surface area contributed by atoms with E-state index in [4.69, 9.17) is 10.1 Å². The molecule has 149 valence electrons. The molecular formula is C25H22IrNO2-. The summed E-state index contributed by atoms with van der Waals surface area (Å²) in [4.78, 5) is 14.8. The molecule has 0 aliphatic rings. The van der Waals surface area contributed by atoms with E-state index in [-0.39, 0.29) is 31.6 Å². The van der Waals surface area contributed by atoms with Gasteiger partial charge in [0.05, 0.1) is 11.3 Å². The molecule has 4 rings (SSSR count). The van der Waals surface area contributed by atoms with Crippen LogP contribution in [0.3, 0.4) is 0 Å². The molecular weight excluding hydrogens is 538 g/mol. The second-order valence-corrected chi connectivity index (χ2v) is 6.68. The van der Waals surface area contributed by atoms with Gasteiger partial charge in [0.1, 0.15) is 0 Å². The number of rotatable bonds is 2. The fourth-order valence-corrected chi connectivity index (χ4v) is 3.15. The van der Waals surface area contributed by atoms with E-state index in [0.717, 1.165) is 16.8 Å². The van der Waals surface area contributed by atoms with Gasteiger partial charge in [0.2, 0.25) is 0 Å². The second-order valence-electron chi connectivity index (χ2n) is 6.68. The predicted octanol–water partition coefficient (Wildman–Crippen LogP) is 6.20. The molecule has 1 N–H and O–H groups in total. The van der Waals surface area contributed by atoms with E-state index in [9.17, 15) is 4.79 Å². The fourth-order valence-electron chi connectivity index (χ4n) is 3.15. The Labute approximate surface area is 184 Å². The summed E-state index contributed by atoms with van der Waals surface area (Å²) < 4.78 is 0. The van der Waals surface area contributed by atoms with Crippen LogP contribution in [0.25, 0.3) is 32.9 Å². The number of benzene rings is 3. The number of aromatic nitrogens is 1. The van der Waals surface area contributed by atoms with Crippen LogP contribution in [0.5, 0.6) is 0 Å². The van der Waals surface area contributed by atoms with Gasteiger partial charge in [-0.3, -0.25) is 9.78 Å². The number of ketones is 1. The molecule has 0 atom stereocenters. The number of aryl methyl sites for hydroxylation is 1. The first kappa shape index (κ1) is 22.5. The summed E-state index contributed by atoms with van der Waals surface area (Å²) in [6.45, 7) is 4.99. The molecule has 0 unspecified atom stereocenters. The van der Waals surface area contributed by atoms with Gasteiger partial charge in [-0.1, -0.05) is 53.9 Å². The first-order valence-electron chi connectivity index (χ1n) is 9.10. The second kappa shape index (κ2) is 10.1. The first-order valence-corrected chi connectivity index (χ1v) is 9.10. The van der Waals surface area contributed by atoms with Crippen LogP contribution in [0.15, 0.2) is 78.6 Å². The van der Waals surface area contributed by atoms with Gasteiger partial charge in [0, 0.05) is 31.6 Å². The van der Waals surface area contributed by atoms with Crippen molar-refractivity contribution in [3.63, 3.8) is 0 Å². The van der Waals surface area contributed by atoms with Crippen LogP contribution in [0.1, 0.15) is 19.4 Å². The number of hydrogen-bond donors (Lipinski definition) is 1. The van der Waals surface area contributed by atoms with Crippen LogP contribution in [0, 0.1) is 13.0 Å². The summed E-state index contributed by atoms with van der Waals surface area (Å²) in [5.74, 6) is -0.0625. The van der Waals surface area contributed by atoms with E-state index in [1.807, 2.05) is 12.1 Å². The van der Waals surface area contributed by atoms with Gasteiger partial charge in [0.15, 0.2) is 5.78 Å². The largest absolute Gasteiger partial charge is 0.512 e. The van der Waals surface area contributed by atoms with Crippen molar-refractivity contribution in [2.45, 2.75) is 20.8 Å². The quantitative estimate of drug-likeness (QED) is 0.181. The number of aliphatic hydroxyl groups is 1. The number of carbonyl (C=O) groups excluding carboxylic acids is 1. The van der Waals surface area contributed by atoms with Crippen LogP contribution >= 0.6 is 0 Å². The molecule has 4 heteroatoms. The third kappa shape index (κ3) is 5.60. The number of hydrogen-bond acceptors (Lipinski definition) is 3. The predicted molar refractivity (Wildman–Crippen MR) is 115 cm³/mol. The third-order valence-electron chi connectivity index (χ3n) is 4.31. The van der Waals surface area contributed by atoms with Gasteiger partial charge in [-0.2, -0.15) is 0 Å². The Bertz CT molecular complexity index is 1170. The molecule has 0 aliphatic heterocycles. The van der Waals surface area contributed by atoms with Crippen LogP contribution in [0.2, 0.25) is 0 Å². The standard InChI is InChI=1S/C20H14N.C5H8O2.Ir/c1-14-13-20(21-19-12-5-4-9-16(14)19)18-11-6-8-15-7-2-3-10-17(15)18;1-4(6)3-5(2)7;/h2-10,12-13H,1H3;3,6H,1-2H3;/q-1;;/b;4-3-;. The van der Waals surface area contributed by atoms with E-state index in [1.165, 1.54) is 41.6 Å². The Kier molecular flexibility index (Phi) is 7.83. The molecule has 0 saturated heterocycles. The molecule has 3 aromatic carbocycles. The molecule has 0 bridgehead atoms. The molecule has 1 aromatic heterocycles. The number of aliphatic hydroxyl groups excluding tert-OH is 1. The molecule has 0 amide bonds. The zero-order chi connectivity index (χ0) is 20.1. The number of pyridine rings is 1. The summed E-state index contributed by atoms with van der Waals surface area (Å²) in [5.41, 5.74) is 4.34. The monoisotopic (exact) mass is 561 g/mol. The minimum atomic E-state index is -0.125. The summed E-state index contributed by atoms with van der Waals surface area (Å²) in [5, 5.41) is 12.0. The van der Waals surface area contributed by atoms with Gasteiger partial charge >= 0.3 is 0 Å². The molecule has 4 aromatic rings. The summed E-state index contributed by atoms with van der Waals surface area (Å²) in [6, 6.07) is 26.2. The molecule has 0 fully saturated rings. The molecule has 0 saturated carbocycles. The zero-order valence-electron chi connectivity index (χ0n) is 16.6. The molecule has 3 nitrogen and oxygen atoms in total. The van der Waals surface area contributed by atoms with Crippen LogP contribution in [-0.2, 0) is 24.9 Å². The van der Waals surface area contributed by atoms with Crippen molar-refractivity contribution in [3.05, 3.63) is 90.2 Å². The summed E-state index contributed by atoms with van der Waals surface area (Å²) in [6.07, 6.45) is 1.17. The Morgan fingerprint density at radius 1 is 1.00 bits per heavy atom. The number of allylic oxidation sites excluding steroid dienone is 2. The molecule has 29 heavy (non-hydrogen) atoms. The number of carbonyl (C=O) groups is 1. The Morgan fingerprint density at radius 2 is 1.66 bits per heavy atom. The molecule has 0 spiro atoms. The number of para-hydroxylation sites is 1. The molecule has 1 heterocycles. The third-order valence-corrected chi connectivity index (χ3v) is 4.31. The summed E-state index contributed by atoms with van der Waals surface area (Å²) >= 11 is 0. The maximum absolute atomic E-state index is 10.0. The number of nitrogens with zero attached hydrogens (tertiary/aromatic N) is 1. The van der Waals surface area contributed by atoms with Crippen molar-refractivity contribution in [3.8, 4) is 11.3 Å². The Balaban J connectivity index is 0.000000327. The van der Waals surface area contributed by atoms with Crippen molar-refractivity contribution in [1.29, 1.82) is 0 Å². The van der Waals surface area contributed by atoms with Gasteiger partial charge in [-0.15, -0.1) is 29.1 Å². The van der Waals surface area contributed by atoms with Crippen LogP contribution in [-0.4, -0.2) is 15.9 Å². The Morgan fingerprint density at radius 3 is 2.31 bits per heavy atom. The SMILES string of the molecule is CC(=O)/C=C(/C)O.Cc1cc(-c2[c-]ccc3ccccc23)nc2ccccc12.[Ir]. The van der Waals surface area contributed by atoms with Crippen molar-refractivity contribution in [1.82, 2.24) is 4.98 Å². The van der Waals surface area contributed by atoms with E-state index in [1.54, 1.807) is 0 Å². The van der Waals surface area contributed by atoms with Crippen molar-refractivity contribution < 1.29 is 30.0 Å². The van der Waals surface area contributed by atoms with Gasteiger partial charge < -0.3 is 5.11 Å². The van der Waals surface area contributed by atoms with E-state index >= 15 is 0 Å². The van der Waals surface area contributed by atoms with E-state index < -0.39 is 0 Å². The first-order chi connectivity index (χ1) is 13.5. The van der Waals surface area contributed by atoms with E-state index in [2.05, 4.69) is 67.6 Å². The fraction of sp³-hybridized carbons (Fsp3) is 0.120. The van der Waals surface area contributed by atoms with E-state index in [0.29, 0.717) is 0 Å². The average Bonchev–Trinajstić information content (AvgIpc) is 2.67. The van der Waals surface area contributed by atoms with Crippen molar-refractivity contribution in [2.75, 3.05) is 0 Å². The maximum Gasteiger partial charge on any atom is 0.155 e. The van der Waals surface area contributed by atoms with Gasteiger partial charge in [-0.25, -0.2) is 0 Å². The Hall–Kier alpha value is -2.81. The summed E-state index contributed by atoms with van der Waals surface area (Å²) in [7, 11) is 0. The minimum Gasteiger partial charge on any atom is -0.512 e. The van der Waals surface area contributed by atoms with Crippen molar-refractivity contribution >= 4 is 27.5 Å². The van der Waals surface area contributed by atoms with Gasteiger partial charge in [0.25, 0.3) is 0 Å². The maximum atomic E-state index is 10.0.